The minimum absolute atomic E-state index is 0.0520. The Labute approximate surface area is 193 Å². The van der Waals surface area contributed by atoms with Crippen molar-refractivity contribution in [1.82, 2.24) is 4.90 Å². The van der Waals surface area contributed by atoms with Crippen molar-refractivity contribution in [1.29, 1.82) is 0 Å². The molecule has 3 aromatic carbocycles. The van der Waals surface area contributed by atoms with Crippen molar-refractivity contribution in [2.24, 2.45) is 0 Å². The van der Waals surface area contributed by atoms with Gasteiger partial charge in [0.15, 0.2) is 0 Å². The highest BCUT2D eigenvalue weighted by atomic mass is 19.4. The van der Waals surface area contributed by atoms with Crippen molar-refractivity contribution in [3.63, 3.8) is 0 Å². The number of halogens is 3. The Morgan fingerprint density at radius 2 is 1.74 bits per heavy atom. The fraction of sp³-hybridized carbons (Fsp3) is 0.192. The molecular formula is C26H22F3NO4. The highest BCUT2D eigenvalue weighted by Crippen LogP contribution is 2.40. The number of phenolic OH excluding ortho intramolecular Hbond substituents is 1. The Kier molecular flexibility index (Phi) is 6.34. The molecule has 176 valence electrons. The van der Waals surface area contributed by atoms with Crippen LogP contribution in [0.5, 0.6) is 17.2 Å². The molecule has 1 N–H and O–H groups in total. The van der Waals surface area contributed by atoms with Crippen molar-refractivity contribution < 1.29 is 27.4 Å². The van der Waals surface area contributed by atoms with Gasteiger partial charge in [0, 0.05) is 13.1 Å². The van der Waals surface area contributed by atoms with E-state index in [0.717, 1.165) is 11.1 Å². The van der Waals surface area contributed by atoms with Crippen LogP contribution in [0.4, 0.5) is 13.2 Å². The smallest absolute Gasteiger partial charge is 0.453 e. The van der Waals surface area contributed by atoms with Gasteiger partial charge < -0.3 is 14.3 Å². The first-order chi connectivity index (χ1) is 16.1. The number of hydrogen-bond donors (Lipinski definition) is 1. The Hall–Kier alpha value is -3.78. The predicted molar refractivity (Wildman–Crippen MR) is 122 cm³/mol. The van der Waals surface area contributed by atoms with E-state index in [1.54, 1.807) is 31.0 Å². The maximum Gasteiger partial charge on any atom is 0.453 e. The topological polar surface area (TPSA) is 62.9 Å². The number of phenols is 1. The third-order valence-corrected chi connectivity index (χ3v) is 5.29. The lowest BCUT2D eigenvalue weighted by Crippen LogP contribution is -2.19. The summed E-state index contributed by atoms with van der Waals surface area (Å²) in [6.07, 6.45) is -4.99. The van der Waals surface area contributed by atoms with E-state index in [1.165, 1.54) is 24.3 Å². The van der Waals surface area contributed by atoms with Gasteiger partial charge in [-0.15, -0.1) is 0 Å². The first-order valence-electron chi connectivity index (χ1n) is 10.5. The van der Waals surface area contributed by atoms with Crippen molar-refractivity contribution in [2.45, 2.75) is 26.2 Å². The highest BCUT2D eigenvalue weighted by Gasteiger charge is 2.41. The molecule has 0 spiro atoms. The monoisotopic (exact) mass is 469 g/mol. The van der Waals surface area contributed by atoms with Crippen molar-refractivity contribution in [3.05, 3.63) is 99.4 Å². The second-order valence-electron chi connectivity index (χ2n) is 8.10. The molecule has 0 unspecified atom stereocenters. The first-order valence-corrected chi connectivity index (χ1v) is 10.5. The summed E-state index contributed by atoms with van der Waals surface area (Å²) in [5, 5.41) is 10.3. The number of aryl methyl sites for hydroxylation is 1. The van der Waals surface area contributed by atoms with Gasteiger partial charge in [0.05, 0.1) is 10.9 Å². The Bertz CT molecular complexity index is 1380. The van der Waals surface area contributed by atoms with Crippen LogP contribution in [-0.4, -0.2) is 17.1 Å². The molecule has 1 heterocycles. The van der Waals surface area contributed by atoms with Crippen LogP contribution in [0.1, 0.15) is 22.5 Å². The number of benzene rings is 3. The summed E-state index contributed by atoms with van der Waals surface area (Å²) in [4.78, 5) is 14.9. The van der Waals surface area contributed by atoms with Crippen LogP contribution in [0.2, 0.25) is 0 Å². The zero-order valence-electron chi connectivity index (χ0n) is 18.5. The van der Waals surface area contributed by atoms with Crippen molar-refractivity contribution in [3.8, 4) is 17.2 Å². The first kappa shape index (κ1) is 23.4. The van der Waals surface area contributed by atoms with Gasteiger partial charge in [-0.2, -0.15) is 13.2 Å². The lowest BCUT2D eigenvalue weighted by Gasteiger charge is -2.19. The van der Waals surface area contributed by atoms with Crippen LogP contribution in [-0.2, 0) is 19.3 Å². The summed E-state index contributed by atoms with van der Waals surface area (Å²) in [7, 11) is 1.75. The van der Waals surface area contributed by atoms with E-state index < -0.39 is 23.1 Å². The zero-order valence-corrected chi connectivity index (χ0v) is 18.5. The van der Waals surface area contributed by atoms with Crippen LogP contribution in [0.3, 0.4) is 0 Å². The number of aromatic hydroxyl groups is 1. The molecule has 4 aromatic rings. The van der Waals surface area contributed by atoms with Crippen LogP contribution < -0.4 is 10.2 Å². The van der Waals surface area contributed by atoms with Gasteiger partial charge in [-0.3, -0.25) is 9.69 Å². The Balaban J connectivity index is 1.81. The fourth-order valence-corrected chi connectivity index (χ4v) is 3.74. The van der Waals surface area contributed by atoms with Crippen LogP contribution in [0, 0.1) is 6.92 Å². The van der Waals surface area contributed by atoms with E-state index in [0.29, 0.717) is 6.54 Å². The molecule has 1 aromatic heterocycles. The van der Waals surface area contributed by atoms with E-state index in [2.05, 4.69) is 0 Å². The lowest BCUT2D eigenvalue weighted by molar-refractivity contribution is -0.154. The molecule has 5 nitrogen and oxygen atoms in total. The number of alkyl halides is 3. The normalized spacial score (nSPS) is 11.8. The highest BCUT2D eigenvalue weighted by molar-refractivity contribution is 5.83. The zero-order chi connectivity index (χ0) is 24.5. The van der Waals surface area contributed by atoms with Crippen molar-refractivity contribution in [2.75, 3.05) is 7.05 Å². The molecule has 0 radical (unpaired) electrons. The van der Waals surface area contributed by atoms with Gasteiger partial charge in [0.1, 0.15) is 17.1 Å². The second kappa shape index (κ2) is 9.23. The van der Waals surface area contributed by atoms with Crippen LogP contribution in [0.15, 0.2) is 75.9 Å². The number of fused-ring (bicyclic) bond motifs is 1. The van der Waals surface area contributed by atoms with E-state index in [1.807, 2.05) is 30.3 Å². The molecule has 8 heteroatoms. The largest absolute Gasteiger partial charge is 0.507 e. The molecule has 34 heavy (non-hydrogen) atoms. The molecule has 0 atom stereocenters. The van der Waals surface area contributed by atoms with Crippen molar-refractivity contribution >= 4 is 11.0 Å². The molecule has 0 bridgehead atoms. The molecule has 0 aliphatic rings. The Morgan fingerprint density at radius 3 is 2.41 bits per heavy atom. The predicted octanol–water partition coefficient (Wildman–Crippen LogP) is 6.25. The summed E-state index contributed by atoms with van der Waals surface area (Å²) in [5.74, 6) is -2.68. The summed E-state index contributed by atoms with van der Waals surface area (Å²) in [5.41, 5.74) is 0.525. The summed E-state index contributed by atoms with van der Waals surface area (Å²) in [6.45, 7) is 2.28. The van der Waals surface area contributed by atoms with Crippen LogP contribution in [0.25, 0.3) is 11.0 Å². The number of nitrogens with zero attached hydrogens (tertiary/aromatic N) is 1. The molecule has 0 aliphatic carbocycles. The number of hydrogen-bond acceptors (Lipinski definition) is 5. The van der Waals surface area contributed by atoms with Gasteiger partial charge in [0.2, 0.25) is 11.2 Å². The molecule has 0 aliphatic heterocycles. The van der Waals surface area contributed by atoms with E-state index >= 15 is 0 Å². The quantitative estimate of drug-likeness (QED) is 0.362. The molecule has 0 amide bonds. The SMILES string of the molecule is Cc1cccc(Oc2c(C(F)(F)F)oc3c(CN(C)Cc4ccccc4)c(O)ccc3c2=O)c1. The molecular weight excluding hydrogens is 447 g/mol. The average Bonchev–Trinajstić information content (AvgIpc) is 2.77. The average molecular weight is 469 g/mol. The second-order valence-corrected chi connectivity index (χ2v) is 8.10. The Morgan fingerprint density at radius 1 is 1.00 bits per heavy atom. The van der Waals surface area contributed by atoms with E-state index in [9.17, 15) is 23.1 Å². The van der Waals surface area contributed by atoms with Crippen LogP contribution >= 0.6 is 0 Å². The summed E-state index contributed by atoms with van der Waals surface area (Å²) < 4.78 is 52.5. The molecule has 0 fully saturated rings. The fourth-order valence-electron chi connectivity index (χ4n) is 3.74. The number of ether oxygens (including phenoxy) is 1. The third-order valence-electron chi connectivity index (χ3n) is 5.29. The maximum atomic E-state index is 13.9. The number of rotatable bonds is 6. The van der Waals surface area contributed by atoms with Gasteiger partial charge >= 0.3 is 6.18 Å². The molecule has 0 saturated heterocycles. The van der Waals surface area contributed by atoms with E-state index in [-0.39, 0.29) is 34.6 Å². The van der Waals surface area contributed by atoms with E-state index in [4.69, 9.17) is 9.15 Å². The lowest BCUT2D eigenvalue weighted by atomic mass is 10.1. The third kappa shape index (κ3) is 4.92. The minimum Gasteiger partial charge on any atom is -0.507 e. The van der Waals surface area contributed by atoms with Gasteiger partial charge in [0.25, 0.3) is 5.76 Å². The minimum atomic E-state index is -4.99. The summed E-state index contributed by atoms with van der Waals surface area (Å²) in [6, 6.07) is 18.3. The van der Waals surface area contributed by atoms with Gasteiger partial charge in [-0.05, 0) is 49.4 Å². The maximum absolute atomic E-state index is 13.9. The van der Waals surface area contributed by atoms with Gasteiger partial charge in [-0.25, -0.2) is 0 Å². The standard InChI is InChI=1S/C26H22F3NO4/c1-16-7-6-10-18(13-16)33-24-22(32)19-11-12-21(31)20(23(19)34-25(24)26(27,28)29)15-30(2)14-17-8-4-3-5-9-17/h3-13,31H,14-15H2,1-2H3. The molecule has 4 rings (SSSR count). The summed E-state index contributed by atoms with van der Waals surface area (Å²) >= 11 is 0. The van der Waals surface area contributed by atoms with Gasteiger partial charge in [-0.1, -0.05) is 42.5 Å². The molecule has 0 saturated carbocycles.